The van der Waals surface area contributed by atoms with Gasteiger partial charge in [0.1, 0.15) is 11.7 Å². The molecule has 110 valence electrons. The molecule has 1 saturated carbocycles. The highest BCUT2D eigenvalue weighted by Gasteiger charge is 2.39. The van der Waals surface area contributed by atoms with Crippen molar-refractivity contribution < 1.29 is 14.7 Å². The number of carboxylic acid groups (broad SMARTS) is 1. The number of aromatic amines is 1. The Morgan fingerprint density at radius 3 is 2.71 bits per heavy atom. The Morgan fingerprint density at radius 2 is 2.10 bits per heavy atom. The van der Waals surface area contributed by atoms with Crippen LogP contribution in [0.1, 0.15) is 30.3 Å². The molecule has 0 spiro atoms. The van der Waals surface area contributed by atoms with Gasteiger partial charge in [-0.3, -0.25) is 4.79 Å². The molecule has 1 unspecified atom stereocenters. The minimum atomic E-state index is -0.978. The first kappa shape index (κ1) is 14.1. The highest BCUT2D eigenvalue weighted by atomic mass is 79.9. The summed E-state index contributed by atoms with van der Waals surface area (Å²) in [5, 5.41) is 10.1. The van der Waals surface area contributed by atoms with Crippen molar-refractivity contribution in [3.05, 3.63) is 34.4 Å². The Morgan fingerprint density at radius 1 is 1.38 bits per heavy atom. The molecule has 1 atom stereocenters. The van der Waals surface area contributed by atoms with Crippen molar-refractivity contribution in [2.75, 3.05) is 0 Å². The molecule has 21 heavy (non-hydrogen) atoms. The van der Waals surface area contributed by atoms with Gasteiger partial charge >= 0.3 is 5.97 Å². The molecule has 6 heteroatoms. The number of fused-ring (bicyclic) bond motifs is 1. The summed E-state index contributed by atoms with van der Waals surface area (Å²) in [7, 11) is 0. The van der Waals surface area contributed by atoms with Crippen LogP contribution in [0.15, 0.2) is 28.7 Å². The second-order valence-corrected chi connectivity index (χ2v) is 6.29. The molecular weight excluding hydrogens is 336 g/mol. The fourth-order valence-electron chi connectivity index (χ4n) is 2.48. The fraction of sp³-hybridized carbons (Fsp3) is 0.333. The number of hydrogen-bond donors (Lipinski definition) is 2. The Bertz CT molecular complexity index is 721. The summed E-state index contributed by atoms with van der Waals surface area (Å²) in [6.07, 6.45) is 1.74. The maximum Gasteiger partial charge on any atom is 0.326 e. The number of aliphatic carboxylic acids is 1. The van der Waals surface area contributed by atoms with Gasteiger partial charge in [0.25, 0.3) is 5.91 Å². The molecule has 2 aromatic rings. The summed E-state index contributed by atoms with van der Waals surface area (Å²) in [5.74, 6) is -1.23. The topological polar surface area (TPSA) is 73.4 Å². The predicted octanol–water partition coefficient (Wildman–Crippen LogP) is 3.01. The Kier molecular flexibility index (Phi) is 3.49. The molecule has 0 bridgehead atoms. The van der Waals surface area contributed by atoms with E-state index in [1.54, 1.807) is 13.0 Å². The van der Waals surface area contributed by atoms with E-state index in [2.05, 4.69) is 20.9 Å². The van der Waals surface area contributed by atoms with Gasteiger partial charge in [0.15, 0.2) is 0 Å². The molecule has 1 fully saturated rings. The van der Waals surface area contributed by atoms with Crippen molar-refractivity contribution in [1.29, 1.82) is 0 Å². The number of aromatic nitrogens is 1. The average Bonchev–Trinajstić information content (AvgIpc) is 3.17. The number of carboxylic acids is 1. The highest BCUT2D eigenvalue weighted by Crippen LogP contribution is 2.31. The normalized spacial score (nSPS) is 15.9. The van der Waals surface area contributed by atoms with Crippen molar-refractivity contribution in [2.45, 2.75) is 31.8 Å². The minimum absolute atomic E-state index is 0.0433. The van der Waals surface area contributed by atoms with Gasteiger partial charge in [0, 0.05) is 21.4 Å². The summed E-state index contributed by atoms with van der Waals surface area (Å²) in [4.78, 5) is 28.4. The second-order valence-electron chi connectivity index (χ2n) is 5.37. The van der Waals surface area contributed by atoms with Gasteiger partial charge in [0.2, 0.25) is 0 Å². The molecule has 3 rings (SSSR count). The van der Waals surface area contributed by atoms with Gasteiger partial charge in [-0.1, -0.05) is 22.0 Å². The number of rotatable bonds is 4. The highest BCUT2D eigenvalue weighted by molar-refractivity contribution is 9.10. The summed E-state index contributed by atoms with van der Waals surface area (Å²) < 4.78 is 0.925. The molecular formula is C15H15BrN2O3. The van der Waals surface area contributed by atoms with Crippen LogP contribution in [0.2, 0.25) is 0 Å². The molecule has 1 aromatic carbocycles. The van der Waals surface area contributed by atoms with Crippen molar-refractivity contribution in [3.63, 3.8) is 0 Å². The molecule has 1 heterocycles. The van der Waals surface area contributed by atoms with Crippen LogP contribution in [0.25, 0.3) is 10.9 Å². The number of benzene rings is 1. The first-order valence-electron chi connectivity index (χ1n) is 6.81. The second kappa shape index (κ2) is 5.18. The largest absolute Gasteiger partial charge is 0.480 e. The van der Waals surface area contributed by atoms with Crippen LogP contribution in [0.5, 0.6) is 0 Å². The van der Waals surface area contributed by atoms with Gasteiger partial charge in [-0.25, -0.2) is 4.79 Å². The average molecular weight is 351 g/mol. The van der Waals surface area contributed by atoms with Gasteiger partial charge in [-0.05, 0) is 38.0 Å². The van der Waals surface area contributed by atoms with E-state index >= 15 is 0 Å². The van der Waals surface area contributed by atoms with E-state index < -0.39 is 12.0 Å². The summed E-state index contributed by atoms with van der Waals surface area (Å²) >= 11 is 3.39. The first-order valence-corrected chi connectivity index (χ1v) is 7.60. The van der Waals surface area contributed by atoms with Gasteiger partial charge in [-0.2, -0.15) is 0 Å². The van der Waals surface area contributed by atoms with E-state index in [0.29, 0.717) is 5.69 Å². The lowest BCUT2D eigenvalue weighted by Crippen LogP contribution is -2.44. The number of carbonyl (C=O) groups is 2. The fourth-order valence-corrected chi connectivity index (χ4v) is 2.84. The standard InChI is InChI=1S/C15H15BrN2O3/c1-8(15(20)21)18(11-4-5-11)14(19)13-6-9-2-3-10(16)7-12(9)17-13/h2-3,6-8,11,17H,4-5H2,1H3,(H,20,21). The van der Waals surface area contributed by atoms with Crippen LogP contribution in [0.3, 0.4) is 0 Å². The zero-order chi connectivity index (χ0) is 15.1. The van der Waals surface area contributed by atoms with Crippen LogP contribution in [0, 0.1) is 0 Å². The molecule has 1 amide bonds. The molecule has 1 aliphatic rings. The molecule has 5 nitrogen and oxygen atoms in total. The zero-order valence-corrected chi connectivity index (χ0v) is 13.1. The van der Waals surface area contributed by atoms with Gasteiger partial charge in [0.05, 0.1) is 0 Å². The van der Waals surface area contributed by atoms with E-state index in [0.717, 1.165) is 28.2 Å². The van der Waals surface area contributed by atoms with Crippen molar-refractivity contribution in [3.8, 4) is 0 Å². The predicted molar refractivity (Wildman–Crippen MR) is 82.3 cm³/mol. The maximum atomic E-state index is 12.6. The van der Waals surface area contributed by atoms with Crippen LogP contribution in [-0.4, -0.2) is 39.0 Å². The number of carbonyl (C=O) groups excluding carboxylic acids is 1. The van der Waals surface area contributed by atoms with Crippen LogP contribution in [-0.2, 0) is 4.79 Å². The van der Waals surface area contributed by atoms with Crippen LogP contribution >= 0.6 is 15.9 Å². The monoisotopic (exact) mass is 350 g/mol. The lowest BCUT2D eigenvalue weighted by atomic mass is 10.2. The summed E-state index contributed by atoms with van der Waals surface area (Å²) in [5.41, 5.74) is 1.29. The van der Waals surface area contributed by atoms with Crippen LogP contribution in [0.4, 0.5) is 0 Å². The molecule has 0 radical (unpaired) electrons. The number of amides is 1. The number of nitrogens with one attached hydrogen (secondary N) is 1. The van der Waals surface area contributed by atoms with E-state index in [9.17, 15) is 14.7 Å². The Labute approximate surface area is 130 Å². The number of halogens is 1. The lowest BCUT2D eigenvalue weighted by molar-refractivity contribution is -0.141. The summed E-state index contributed by atoms with van der Waals surface area (Å²) in [6, 6.07) is 6.71. The van der Waals surface area contributed by atoms with E-state index in [4.69, 9.17) is 0 Å². The third-order valence-corrected chi connectivity index (χ3v) is 4.26. The Hall–Kier alpha value is -1.82. The summed E-state index contributed by atoms with van der Waals surface area (Å²) in [6.45, 7) is 1.55. The third kappa shape index (κ3) is 2.68. The van der Waals surface area contributed by atoms with Crippen molar-refractivity contribution in [2.24, 2.45) is 0 Å². The molecule has 2 N–H and O–H groups in total. The van der Waals surface area contributed by atoms with E-state index in [1.807, 2.05) is 18.2 Å². The number of nitrogens with zero attached hydrogens (tertiary/aromatic N) is 1. The molecule has 1 aliphatic carbocycles. The van der Waals surface area contributed by atoms with Gasteiger partial charge < -0.3 is 15.0 Å². The maximum absolute atomic E-state index is 12.6. The number of H-pyrrole nitrogens is 1. The van der Waals surface area contributed by atoms with Crippen molar-refractivity contribution >= 4 is 38.7 Å². The van der Waals surface area contributed by atoms with E-state index in [-0.39, 0.29) is 11.9 Å². The molecule has 0 saturated heterocycles. The Balaban J connectivity index is 1.95. The van der Waals surface area contributed by atoms with Crippen molar-refractivity contribution in [1.82, 2.24) is 9.88 Å². The SMILES string of the molecule is CC(C(=O)O)N(C(=O)c1cc2ccc(Br)cc2[nH]1)C1CC1. The smallest absolute Gasteiger partial charge is 0.326 e. The molecule has 0 aliphatic heterocycles. The molecule has 1 aromatic heterocycles. The van der Waals surface area contributed by atoms with Gasteiger partial charge in [-0.15, -0.1) is 0 Å². The number of hydrogen-bond acceptors (Lipinski definition) is 2. The lowest BCUT2D eigenvalue weighted by Gasteiger charge is -2.25. The minimum Gasteiger partial charge on any atom is -0.480 e. The zero-order valence-electron chi connectivity index (χ0n) is 11.5. The quantitative estimate of drug-likeness (QED) is 0.889. The van der Waals surface area contributed by atoms with E-state index in [1.165, 1.54) is 4.90 Å². The third-order valence-electron chi connectivity index (χ3n) is 3.76. The first-order chi connectivity index (χ1) is 9.97. The van der Waals surface area contributed by atoms with Crippen LogP contribution < -0.4 is 0 Å².